The van der Waals surface area contributed by atoms with Crippen molar-refractivity contribution in [2.45, 2.75) is 0 Å². The molecule has 0 aliphatic heterocycles. The first kappa shape index (κ1) is 13.8. The lowest BCUT2D eigenvalue weighted by Crippen LogP contribution is -2.20. The van der Waals surface area contributed by atoms with Gasteiger partial charge in [0.2, 0.25) is 0 Å². The Kier molecular flexibility index (Phi) is 4.73. The molecule has 0 saturated heterocycles. The maximum atomic E-state index is 12.7. The summed E-state index contributed by atoms with van der Waals surface area (Å²) in [7, 11) is 0. The number of hydrogen-bond acceptors (Lipinski definition) is 2. The van der Waals surface area contributed by atoms with Crippen LogP contribution in [0.4, 0.5) is 10.1 Å². The molecule has 5 heteroatoms. The Bertz CT molecular complexity index is 555. The molecule has 0 unspecified atom stereocenters. The molecule has 0 bridgehead atoms. The van der Waals surface area contributed by atoms with Gasteiger partial charge in [-0.3, -0.25) is 4.79 Å². The molecule has 19 heavy (non-hydrogen) atoms. The van der Waals surface area contributed by atoms with Gasteiger partial charge < -0.3 is 10.1 Å². The first-order valence-corrected chi connectivity index (χ1v) is 6.65. The van der Waals surface area contributed by atoms with Crippen LogP contribution in [-0.4, -0.2) is 12.5 Å². The maximum absolute atomic E-state index is 12.7. The highest BCUT2D eigenvalue weighted by Crippen LogP contribution is 2.13. The monoisotopic (exact) mass is 371 g/mol. The number of ether oxygens (including phenoxy) is 1. The van der Waals surface area contributed by atoms with Crippen molar-refractivity contribution in [2.24, 2.45) is 0 Å². The molecular weight excluding hydrogens is 360 g/mol. The van der Waals surface area contributed by atoms with Crippen LogP contribution in [0.5, 0.6) is 5.75 Å². The summed E-state index contributed by atoms with van der Waals surface area (Å²) in [4.78, 5) is 11.6. The summed E-state index contributed by atoms with van der Waals surface area (Å²) in [6.45, 7) is -0.0853. The third-order valence-corrected chi connectivity index (χ3v) is 3.03. The van der Waals surface area contributed by atoms with E-state index in [4.69, 9.17) is 4.74 Å². The minimum absolute atomic E-state index is 0.0853. The van der Waals surface area contributed by atoms with Crippen molar-refractivity contribution in [3.63, 3.8) is 0 Å². The lowest BCUT2D eigenvalue weighted by molar-refractivity contribution is -0.118. The number of rotatable bonds is 4. The van der Waals surface area contributed by atoms with Crippen LogP contribution in [0.2, 0.25) is 0 Å². The largest absolute Gasteiger partial charge is 0.484 e. The summed E-state index contributed by atoms with van der Waals surface area (Å²) in [5.74, 6) is 0.00738. The van der Waals surface area contributed by atoms with E-state index in [0.29, 0.717) is 11.4 Å². The molecule has 3 nitrogen and oxygen atoms in total. The van der Waals surface area contributed by atoms with Gasteiger partial charge in [0.1, 0.15) is 11.6 Å². The third kappa shape index (κ3) is 4.51. The van der Waals surface area contributed by atoms with E-state index in [-0.39, 0.29) is 18.3 Å². The van der Waals surface area contributed by atoms with Gasteiger partial charge in [-0.15, -0.1) is 0 Å². The first-order valence-electron chi connectivity index (χ1n) is 5.57. The quantitative estimate of drug-likeness (QED) is 0.837. The molecule has 0 saturated carbocycles. The molecule has 98 valence electrons. The molecule has 0 aliphatic rings. The van der Waals surface area contributed by atoms with Crippen molar-refractivity contribution in [2.75, 3.05) is 11.9 Å². The summed E-state index contributed by atoms with van der Waals surface area (Å²) < 4.78 is 19.1. The van der Waals surface area contributed by atoms with Crippen LogP contribution in [-0.2, 0) is 4.79 Å². The van der Waals surface area contributed by atoms with Crippen LogP contribution in [0.1, 0.15) is 0 Å². The number of halogens is 2. The highest BCUT2D eigenvalue weighted by molar-refractivity contribution is 14.1. The van der Waals surface area contributed by atoms with Crippen LogP contribution in [0.3, 0.4) is 0 Å². The molecule has 1 amide bonds. The van der Waals surface area contributed by atoms with E-state index < -0.39 is 0 Å². The molecular formula is C14H11FINO2. The van der Waals surface area contributed by atoms with Crippen molar-refractivity contribution in [3.05, 3.63) is 57.9 Å². The number of nitrogens with one attached hydrogen (secondary N) is 1. The molecule has 0 atom stereocenters. The van der Waals surface area contributed by atoms with Gasteiger partial charge in [-0.25, -0.2) is 4.39 Å². The van der Waals surface area contributed by atoms with Crippen molar-refractivity contribution >= 4 is 34.2 Å². The Morgan fingerprint density at radius 3 is 2.37 bits per heavy atom. The molecule has 1 N–H and O–H groups in total. The summed E-state index contributed by atoms with van der Waals surface area (Å²) in [6.07, 6.45) is 0. The summed E-state index contributed by atoms with van der Waals surface area (Å²) >= 11 is 2.19. The second-order valence-corrected chi connectivity index (χ2v) is 5.04. The van der Waals surface area contributed by atoms with Crippen LogP contribution in [0, 0.1) is 9.39 Å². The normalized spacial score (nSPS) is 10.0. The van der Waals surface area contributed by atoms with Gasteiger partial charge in [-0.2, -0.15) is 0 Å². The maximum Gasteiger partial charge on any atom is 0.262 e. The second kappa shape index (κ2) is 6.51. The van der Waals surface area contributed by atoms with E-state index >= 15 is 0 Å². The minimum atomic E-state index is -0.340. The summed E-state index contributed by atoms with van der Waals surface area (Å²) in [6, 6.07) is 13.0. The Labute approximate surface area is 123 Å². The average Bonchev–Trinajstić information content (AvgIpc) is 2.41. The van der Waals surface area contributed by atoms with Crippen molar-refractivity contribution < 1.29 is 13.9 Å². The molecule has 0 radical (unpaired) electrons. The Morgan fingerprint density at radius 1 is 1.11 bits per heavy atom. The van der Waals surface area contributed by atoms with E-state index in [1.54, 1.807) is 12.1 Å². The second-order valence-electron chi connectivity index (χ2n) is 3.80. The number of anilines is 1. The van der Waals surface area contributed by atoms with Crippen molar-refractivity contribution in [1.29, 1.82) is 0 Å². The van der Waals surface area contributed by atoms with E-state index in [1.807, 2.05) is 12.1 Å². The van der Waals surface area contributed by atoms with E-state index in [2.05, 4.69) is 27.9 Å². The molecule has 0 heterocycles. The van der Waals surface area contributed by atoms with Gasteiger partial charge in [0.15, 0.2) is 6.61 Å². The minimum Gasteiger partial charge on any atom is -0.484 e. The number of amides is 1. The SMILES string of the molecule is O=C(COc1ccc(I)cc1)Nc1ccc(F)cc1. The van der Waals surface area contributed by atoms with Gasteiger partial charge >= 0.3 is 0 Å². The van der Waals surface area contributed by atoms with Crippen LogP contribution >= 0.6 is 22.6 Å². The number of carbonyl (C=O) groups is 1. The lowest BCUT2D eigenvalue weighted by Gasteiger charge is -2.07. The van der Waals surface area contributed by atoms with Gasteiger partial charge in [-0.1, -0.05) is 0 Å². The Balaban J connectivity index is 1.84. The fourth-order valence-corrected chi connectivity index (χ4v) is 1.77. The predicted octanol–water partition coefficient (Wildman–Crippen LogP) is 3.45. The fraction of sp³-hybridized carbons (Fsp3) is 0.0714. The fourth-order valence-electron chi connectivity index (χ4n) is 1.41. The molecule has 0 fully saturated rings. The zero-order chi connectivity index (χ0) is 13.7. The molecule has 0 aromatic heterocycles. The standard InChI is InChI=1S/C14H11FINO2/c15-10-1-5-12(6-2-10)17-14(18)9-19-13-7-3-11(16)4-8-13/h1-8H,9H2,(H,17,18). The molecule has 2 aromatic rings. The molecule has 0 spiro atoms. The summed E-state index contributed by atoms with van der Waals surface area (Å²) in [5, 5.41) is 2.62. The predicted molar refractivity (Wildman–Crippen MR) is 79.7 cm³/mol. The highest BCUT2D eigenvalue weighted by atomic mass is 127. The summed E-state index contributed by atoms with van der Waals surface area (Å²) in [5.41, 5.74) is 0.539. The van der Waals surface area contributed by atoms with Crippen LogP contribution in [0.15, 0.2) is 48.5 Å². The highest BCUT2D eigenvalue weighted by Gasteiger charge is 2.03. The zero-order valence-electron chi connectivity index (χ0n) is 9.90. The van der Waals surface area contributed by atoms with E-state index in [9.17, 15) is 9.18 Å². The van der Waals surface area contributed by atoms with E-state index in [0.717, 1.165) is 3.57 Å². The van der Waals surface area contributed by atoms with Crippen molar-refractivity contribution in [1.82, 2.24) is 0 Å². The van der Waals surface area contributed by atoms with Crippen molar-refractivity contribution in [3.8, 4) is 5.75 Å². The smallest absolute Gasteiger partial charge is 0.262 e. The molecule has 2 rings (SSSR count). The third-order valence-electron chi connectivity index (χ3n) is 2.31. The van der Waals surface area contributed by atoms with Gasteiger partial charge in [-0.05, 0) is 71.1 Å². The average molecular weight is 371 g/mol. The molecule has 2 aromatic carbocycles. The first-order chi connectivity index (χ1) is 9.13. The van der Waals surface area contributed by atoms with Crippen LogP contribution < -0.4 is 10.1 Å². The Morgan fingerprint density at radius 2 is 1.74 bits per heavy atom. The van der Waals surface area contributed by atoms with E-state index in [1.165, 1.54) is 24.3 Å². The van der Waals surface area contributed by atoms with Gasteiger partial charge in [0, 0.05) is 9.26 Å². The zero-order valence-corrected chi connectivity index (χ0v) is 12.1. The number of carbonyl (C=O) groups excluding carboxylic acids is 1. The topological polar surface area (TPSA) is 38.3 Å². The lowest BCUT2D eigenvalue weighted by atomic mass is 10.3. The van der Waals surface area contributed by atoms with Gasteiger partial charge in [0.05, 0.1) is 0 Å². The Hall–Kier alpha value is -1.63. The van der Waals surface area contributed by atoms with Crippen LogP contribution in [0.25, 0.3) is 0 Å². The number of benzene rings is 2. The number of hydrogen-bond donors (Lipinski definition) is 1. The molecule has 0 aliphatic carbocycles. The van der Waals surface area contributed by atoms with Gasteiger partial charge in [0.25, 0.3) is 5.91 Å².